The predicted octanol–water partition coefficient (Wildman–Crippen LogP) is 6.14. The Kier molecular flexibility index (Phi) is 6.98. The number of carboxylic acid groups (broad SMARTS) is 1. The highest BCUT2D eigenvalue weighted by molar-refractivity contribution is 6.07. The minimum Gasteiger partial charge on any atom is -0.494 e. The van der Waals surface area contributed by atoms with Gasteiger partial charge in [-0.3, -0.25) is 9.97 Å². The molecular formula is C29H25N3O5. The summed E-state index contributed by atoms with van der Waals surface area (Å²) in [6.45, 7) is 2.73. The highest BCUT2D eigenvalue weighted by Crippen LogP contribution is 2.32. The van der Waals surface area contributed by atoms with E-state index in [9.17, 15) is 9.90 Å². The number of carbonyl (C=O) groups is 1. The summed E-state index contributed by atoms with van der Waals surface area (Å²) in [5, 5.41) is 10.7. The molecule has 0 fully saturated rings. The van der Waals surface area contributed by atoms with Crippen LogP contribution in [-0.4, -0.2) is 39.2 Å². The minimum atomic E-state index is -1.04. The number of nitrogens with zero attached hydrogens (tertiary/aromatic N) is 2. The summed E-state index contributed by atoms with van der Waals surface area (Å²) >= 11 is 0. The quantitative estimate of drug-likeness (QED) is 0.240. The number of aromatic amines is 1. The van der Waals surface area contributed by atoms with Crippen LogP contribution in [0.5, 0.6) is 23.0 Å². The number of H-pyrrole nitrogens is 1. The number of hydrogen-bond donors (Lipinski definition) is 2. The van der Waals surface area contributed by atoms with Crippen LogP contribution in [0.25, 0.3) is 22.2 Å². The minimum absolute atomic E-state index is 0.147. The van der Waals surface area contributed by atoms with Gasteiger partial charge in [0, 0.05) is 29.8 Å². The summed E-state index contributed by atoms with van der Waals surface area (Å²) in [5.74, 6) is 1.63. The Balaban J connectivity index is 1.37. The maximum absolute atomic E-state index is 12.2. The summed E-state index contributed by atoms with van der Waals surface area (Å²) in [5.41, 5.74) is 2.66. The molecule has 3 aromatic heterocycles. The van der Waals surface area contributed by atoms with E-state index in [0.29, 0.717) is 47.2 Å². The van der Waals surface area contributed by atoms with Gasteiger partial charge >= 0.3 is 5.97 Å². The van der Waals surface area contributed by atoms with Crippen molar-refractivity contribution < 1.29 is 24.1 Å². The van der Waals surface area contributed by atoms with E-state index in [1.807, 2.05) is 43.3 Å². The maximum atomic E-state index is 12.2. The van der Waals surface area contributed by atoms with Crippen molar-refractivity contribution in [2.75, 3.05) is 13.2 Å². The van der Waals surface area contributed by atoms with Gasteiger partial charge in [0.25, 0.3) is 0 Å². The Morgan fingerprint density at radius 1 is 0.946 bits per heavy atom. The average molecular weight is 496 g/mol. The molecule has 0 aliphatic heterocycles. The fourth-order valence-corrected chi connectivity index (χ4v) is 4.11. The average Bonchev–Trinajstić information content (AvgIpc) is 3.39. The third kappa shape index (κ3) is 5.38. The second-order valence-electron chi connectivity index (χ2n) is 8.18. The van der Waals surface area contributed by atoms with Crippen LogP contribution in [0.2, 0.25) is 0 Å². The van der Waals surface area contributed by atoms with Gasteiger partial charge < -0.3 is 24.3 Å². The van der Waals surface area contributed by atoms with Crippen LogP contribution >= 0.6 is 0 Å². The van der Waals surface area contributed by atoms with E-state index in [-0.39, 0.29) is 12.2 Å². The first-order valence-electron chi connectivity index (χ1n) is 11.9. The fourth-order valence-electron chi connectivity index (χ4n) is 4.11. The molecule has 2 N–H and O–H groups in total. The molecule has 5 aromatic rings. The Hall–Kier alpha value is -4.85. The number of aromatic carboxylic acids is 1. The molecule has 0 saturated heterocycles. The molecule has 186 valence electrons. The monoisotopic (exact) mass is 495 g/mol. The summed E-state index contributed by atoms with van der Waals surface area (Å²) in [6, 6.07) is 20.3. The number of hydrogen-bond acceptors (Lipinski definition) is 6. The summed E-state index contributed by atoms with van der Waals surface area (Å²) in [7, 11) is 0. The number of aromatic nitrogens is 3. The summed E-state index contributed by atoms with van der Waals surface area (Å²) in [4.78, 5) is 24.1. The van der Waals surface area contributed by atoms with E-state index in [1.54, 1.807) is 48.9 Å². The molecule has 0 atom stereocenters. The second kappa shape index (κ2) is 10.8. The number of rotatable bonds is 10. The molecule has 3 heterocycles. The maximum Gasteiger partial charge on any atom is 0.339 e. The molecule has 0 saturated carbocycles. The van der Waals surface area contributed by atoms with Crippen LogP contribution < -0.4 is 14.2 Å². The lowest BCUT2D eigenvalue weighted by molar-refractivity contribution is 0.0697. The topological polar surface area (TPSA) is 107 Å². The van der Waals surface area contributed by atoms with E-state index in [2.05, 4.69) is 9.97 Å². The van der Waals surface area contributed by atoms with Gasteiger partial charge in [-0.1, -0.05) is 12.1 Å². The van der Waals surface area contributed by atoms with E-state index in [4.69, 9.17) is 19.2 Å². The molecule has 5 rings (SSSR count). The summed E-state index contributed by atoms with van der Waals surface area (Å²) < 4.78 is 17.3. The zero-order valence-electron chi connectivity index (χ0n) is 20.2. The molecular weight excluding hydrogens is 470 g/mol. The van der Waals surface area contributed by atoms with Crippen molar-refractivity contribution in [3.63, 3.8) is 0 Å². The Morgan fingerprint density at radius 3 is 2.51 bits per heavy atom. The van der Waals surface area contributed by atoms with Gasteiger partial charge in [0.1, 0.15) is 28.6 Å². The lowest BCUT2D eigenvalue weighted by Crippen LogP contribution is -2.11. The zero-order chi connectivity index (χ0) is 25.6. The van der Waals surface area contributed by atoms with Crippen molar-refractivity contribution in [3.8, 4) is 34.3 Å². The molecule has 8 nitrogen and oxygen atoms in total. The largest absolute Gasteiger partial charge is 0.494 e. The number of nitrogens with one attached hydrogen (secondary N) is 1. The molecule has 2 aromatic carbocycles. The first-order valence-corrected chi connectivity index (χ1v) is 11.9. The van der Waals surface area contributed by atoms with E-state index >= 15 is 0 Å². The van der Waals surface area contributed by atoms with Gasteiger partial charge in [-0.05, 0) is 61.5 Å². The van der Waals surface area contributed by atoms with Gasteiger partial charge in [0.15, 0.2) is 0 Å². The smallest absolute Gasteiger partial charge is 0.339 e. The zero-order valence-corrected chi connectivity index (χ0v) is 20.2. The molecule has 0 unspecified atom stereocenters. The molecule has 0 bridgehead atoms. The van der Waals surface area contributed by atoms with Gasteiger partial charge in [0.05, 0.1) is 36.3 Å². The van der Waals surface area contributed by atoms with Crippen molar-refractivity contribution in [1.29, 1.82) is 0 Å². The molecule has 37 heavy (non-hydrogen) atoms. The Morgan fingerprint density at radius 2 is 1.76 bits per heavy atom. The lowest BCUT2D eigenvalue weighted by atomic mass is 10.0. The van der Waals surface area contributed by atoms with Gasteiger partial charge in [0.2, 0.25) is 0 Å². The molecule has 0 aliphatic rings. The molecule has 0 aliphatic carbocycles. The SMILES string of the molecule is CCOc1cccc(-c2nc(CCOc3ccc(Oc4cccnc4)cc3)c(C(=O)O)c3[nH]ccc23)c1. The van der Waals surface area contributed by atoms with Crippen LogP contribution in [0.1, 0.15) is 23.0 Å². The van der Waals surface area contributed by atoms with Crippen LogP contribution in [0, 0.1) is 0 Å². The molecule has 0 spiro atoms. The van der Waals surface area contributed by atoms with E-state index in [0.717, 1.165) is 16.7 Å². The van der Waals surface area contributed by atoms with Gasteiger partial charge in [-0.25, -0.2) is 4.79 Å². The van der Waals surface area contributed by atoms with Gasteiger partial charge in [-0.2, -0.15) is 0 Å². The standard InChI is InChI=1S/C29H25N3O5/c1-2-35-22-6-3-5-19(17-22)27-24-12-15-31-28(24)26(29(33)34)25(32-27)13-16-36-20-8-10-21(11-9-20)37-23-7-4-14-30-18-23/h3-12,14-15,17-18,31H,2,13,16H2,1H3,(H,33,34). The van der Waals surface area contributed by atoms with Crippen molar-refractivity contribution in [3.05, 3.63) is 96.6 Å². The number of ether oxygens (including phenoxy) is 3. The van der Waals surface area contributed by atoms with Crippen molar-refractivity contribution in [2.24, 2.45) is 0 Å². The highest BCUT2D eigenvalue weighted by Gasteiger charge is 2.21. The predicted molar refractivity (Wildman–Crippen MR) is 140 cm³/mol. The Labute approximate surface area is 213 Å². The first kappa shape index (κ1) is 23.9. The van der Waals surface area contributed by atoms with Crippen molar-refractivity contribution >= 4 is 16.9 Å². The van der Waals surface area contributed by atoms with E-state index < -0.39 is 5.97 Å². The van der Waals surface area contributed by atoms with Crippen molar-refractivity contribution in [2.45, 2.75) is 13.3 Å². The first-order chi connectivity index (χ1) is 18.1. The third-order valence-electron chi connectivity index (χ3n) is 5.72. The van der Waals surface area contributed by atoms with Gasteiger partial charge in [-0.15, -0.1) is 0 Å². The third-order valence-corrected chi connectivity index (χ3v) is 5.72. The van der Waals surface area contributed by atoms with Crippen LogP contribution in [0.3, 0.4) is 0 Å². The van der Waals surface area contributed by atoms with Crippen LogP contribution in [-0.2, 0) is 6.42 Å². The number of carboxylic acids is 1. The molecule has 0 radical (unpaired) electrons. The summed E-state index contributed by atoms with van der Waals surface area (Å²) in [6.07, 6.45) is 5.36. The van der Waals surface area contributed by atoms with Crippen molar-refractivity contribution in [1.82, 2.24) is 15.0 Å². The van der Waals surface area contributed by atoms with Crippen LogP contribution in [0.15, 0.2) is 85.3 Å². The molecule has 0 amide bonds. The fraction of sp³-hybridized carbons (Fsp3) is 0.138. The molecule has 8 heteroatoms. The lowest BCUT2D eigenvalue weighted by Gasteiger charge is -2.13. The van der Waals surface area contributed by atoms with E-state index in [1.165, 1.54) is 0 Å². The number of pyridine rings is 2. The number of benzene rings is 2. The Bertz CT molecular complexity index is 1510. The number of fused-ring (bicyclic) bond motifs is 1. The highest BCUT2D eigenvalue weighted by atomic mass is 16.5. The second-order valence-corrected chi connectivity index (χ2v) is 8.18. The normalized spacial score (nSPS) is 10.8. The van der Waals surface area contributed by atoms with Crippen LogP contribution in [0.4, 0.5) is 0 Å².